The molecule has 10 nitrogen and oxygen atoms in total. The molecule has 0 radical (unpaired) electrons. The minimum atomic E-state index is -4.59. The molecule has 0 saturated heterocycles. The van der Waals surface area contributed by atoms with Crippen molar-refractivity contribution in [2.75, 3.05) is 17.2 Å². The zero-order valence-corrected chi connectivity index (χ0v) is 42.6. The maximum Gasteiger partial charge on any atom is 1.00 e. The molecule has 0 heterocycles. The van der Waals surface area contributed by atoms with E-state index in [9.17, 15) is 26.5 Å². The van der Waals surface area contributed by atoms with Gasteiger partial charge in [-0.2, -0.15) is 0 Å². The van der Waals surface area contributed by atoms with Gasteiger partial charge in [0.1, 0.15) is 15.9 Å². The van der Waals surface area contributed by atoms with Crippen LogP contribution in [-0.4, -0.2) is 38.1 Å². The molecular formula is C53H64N4NaO6S2+. The second-order valence-corrected chi connectivity index (χ2v) is 19.3. The third kappa shape index (κ3) is 16.6. The molecule has 7 aromatic carbocycles. The first-order chi connectivity index (χ1) is 31.0. The predicted molar refractivity (Wildman–Crippen MR) is 268 cm³/mol. The van der Waals surface area contributed by atoms with E-state index in [1.54, 1.807) is 36.4 Å². The Morgan fingerprint density at radius 1 is 0.576 bits per heavy atom. The summed E-state index contributed by atoms with van der Waals surface area (Å²) in [4.78, 5) is -0.101. The van der Waals surface area contributed by atoms with Crippen LogP contribution in [0.15, 0.2) is 149 Å². The average Bonchev–Trinajstić information content (AvgIpc) is 3.27. The molecule has 0 unspecified atom stereocenters. The molecule has 0 aromatic heterocycles. The minimum Gasteiger partial charge on any atom is -0.744 e. The summed E-state index contributed by atoms with van der Waals surface area (Å²) in [5.41, 5.74) is 25.8. The number of aromatic hydroxyl groups is 1. The Morgan fingerprint density at radius 3 is 1.58 bits per heavy atom. The van der Waals surface area contributed by atoms with Gasteiger partial charge in [0.25, 0.3) is 5.84 Å². The van der Waals surface area contributed by atoms with E-state index in [1.165, 1.54) is 52.3 Å². The van der Waals surface area contributed by atoms with Crippen LogP contribution in [0.25, 0.3) is 21.5 Å². The van der Waals surface area contributed by atoms with Gasteiger partial charge in [-0.1, -0.05) is 157 Å². The first-order valence-electron chi connectivity index (χ1n) is 22.1. The Labute approximate surface area is 414 Å². The van der Waals surface area contributed by atoms with Gasteiger partial charge in [0, 0.05) is 22.3 Å². The first-order valence-corrected chi connectivity index (χ1v) is 25.1. The van der Waals surface area contributed by atoms with E-state index in [4.69, 9.17) is 22.6 Å². The number of hydrogen-bond acceptors (Lipinski definition) is 8. The summed E-state index contributed by atoms with van der Waals surface area (Å²) >= 11 is 0. The molecule has 0 aliphatic rings. The summed E-state index contributed by atoms with van der Waals surface area (Å²) in [5, 5.41) is 18.6. The van der Waals surface area contributed by atoms with Crippen LogP contribution < -0.4 is 52.2 Å². The monoisotopic (exact) mass is 939 g/mol. The van der Waals surface area contributed by atoms with Crippen LogP contribution in [0, 0.1) is 0 Å². The van der Waals surface area contributed by atoms with Gasteiger partial charge in [0.15, 0.2) is 15.6 Å². The van der Waals surface area contributed by atoms with Crippen molar-refractivity contribution in [2.45, 2.75) is 95.3 Å². The normalized spacial score (nSPS) is 10.9. The summed E-state index contributed by atoms with van der Waals surface area (Å²) < 4.78 is 57.1. The second kappa shape index (κ2) is 26.8. The largest absolute Gasteiger partial charge is 1.00 e. The standard InChI is InChI=1S/C16H19N.C13H15N.C13H14O4S.C11H16N2O2S.Na/c1-2-3-13-4-6-14(7-5-13)12-15-8-10-16(17)11-9-15;1-2-5-10-6-3-8-12-11(10)7-4-9-13(12)14;1-2-5-10-9-6-3-4-7-11(9)13(8-12(10)14)18(15,16)17;1-2-3-9-4-6-10(7-5-9)16(14,15)8-11(12)13;/h4-11H,2-3,12,17H2,1H3;3-4,6-9H,2,5,14H2,1H3;3-4,6-8,14H,2,5H2,1H3,(H,15,16,17);4-7H,2-3,8H2,1H3,(H3,12,13);/q;;;;+1. The number of phenolic OH excluding ortho intramolecular Hbond substituents is 1. The maximum atomic E-state index is 11.7. The van der Waals surface area contributed by atoms with Crippen molar-refractivity contribution in [3.63, 3.8) is 0 Å². The van der Waals surface area contributed by atoms with Crippen LogP contribution in [0.2, 0.25) is 0 Å². The number of sulfone groups is 1. The Morgan fingerprint density at radius 2 is 1.05 bits per heavy atom. The third-order valence-corrected chi connectivity index (χ3v) is 13.1. The third-order valence-electron chi connectivity index (χ3n) is 10.6. The fraction of sp³-hybridized carbons (Fsp3) is 0.264. The number of rotatable bonds is 14. The van der Waals surface area contributed by atoms with Gasteiger partial charge in [0.05, 0.1) is 9.79 Å². The number of nitrogens with two attached hydrogens (primary N) is 4. The van der Waals surface area contributed by atoms with E-state index in [0.29, 0.717) is 22.8 Å². The number of anilines is 2. The molecule has 0 amide bonds. The molecule has 7 rings (SSSR count). The molecule has 0 bridgehead atoms. The molecule has 7 aromatic rings. The number of hydrogen-bond donors (Lipinski definition) is 5. The first kappa shape index (κ1) is 55.1. The second-order valence-electron chi connectivity index (χ2n) is 15.9. The molecule has 0 aliphatic heterocycles. The number of fused-ring (bicyclic) bond motifs is 2. The fourth-order valence-corrected chi connectivity index (χ4v) is 9.29. The SMILES string of the molecule is CCCc1c(O)cc(S(=O)(=O)[O-])c2ccccc12.CCCc1ccc(Cc2ccc(N)cc2)cc1.CCCc1ccc(S(=O)(=O)CC(N)=[NH2+])cc1.CCCc1cccc2c(N)cccc12.[Na+]. The Bertz CT molecular complexity index is 2860. The number of benzene rings is 7. The van der Waals surface area contributed by atoms with Crippen LogP contribution >= 0.6 is 0 Å². The van der Waals surface area contributed by atoms with Gasteiger partial charge in [-0.25, -0.2) is 16.8 Å². The number of aryl methyl sites for hydroxylation is 4. The average molecular weight is 940 g/mol. The quantitative estimate of drug-likeness (QED) is 0.0279. The Hall–Kier alpha value is -5.21. The van der Waals surface area contributed by atoms with Crippen molar-refractivity contribution >= 4 is 58.7 Å². The summed E-state index contributed by atoms with van der Waals surface area (Å²) in [5.74, 6) is -0.525. The summed E-state index contributed by atoms with van der Waals surface area (Å²) in [6.07, 6.45) is 9.09. The number of amidine groups is 1. The van der Waals surface area contributed by atoms with Crippen molar-refractivity contribution in [1.29, 1.82) is 0 Å². The van der Waals surface area contributed by atoms with Gasteiger partial charge < -0.3 is 21.1 Å². The van der Waals surface area contributed by atoms with E-state index < -0.39 is 20.0 Å². The maximum absolute atomic E-state index is 11.7. The van der Waals surface area contributed by atoms with Crippen molar-refractivity contribution in [1.82, 2.24) is 0 Å². The molecule has 9 N–H and O–H groups in total. The van der Waals surface area contributed by atoms with E-state index in [2.05, 4.69) is 81.4 Å². The van der Waals surface area contributed by atoms with Gasteiger partial charge in [0.2, 0.25) is 0 Å². The molecule has 0 aliphatic carbocycles. The van der Waals surface area contributed by atoms with Gasteiger partial charge in [-0.05, 0) is 112 Å². The number of phenols is 1. The van der Waals surface area contributed by atoms with Gasteiger partial charge in [-0.3, -0.25) is 11.1 Å². The van der Waals surface area contributed by atoms with E-state index in [-0.39, 0.29) is 56.7 Å². The molecule has 66 heavy (non-hydrogen) atoms. The smallest absolute Gasteiger partial charge is 0.744 e. The molecule has 344 valence electrons. The Kier molecular flexibility index (Phi) is 22.4. The molecule has 0 fully saturated rings. The predicted octanol–water partition coefficient (Wildman–Crippen LogP) is 6.12. The molecule has 0 spiro atoms. The van der Waals surface area contributed by atoms with Crippen molar-refractivity contribution in [2.24, 2.45) is 5.73 Å². The van der Waals surface area contributed by atoms with Crippen molar-refractivity contribution < 1.29 is 61.5 Å². The Balaban J connectivity index is 0.000000233. The molecule has 13 heteroatoms. The fourth-order valence-electron chi connectivity index (χ4n) is 7.43. The zero-order chi connectivity index (χ0) is 47.6. The van der Waals surface area contributed by atoms with Crippen molar-refractivity contribution in [3.8, 4) is 5.75 Å². The van der Waals surface area contributed by atoms with E-state index >= 15 is 0 Å². The minimum absolute atomic E-state index is 0. The van der Waals surface area contributed by atoms with Crippen LogP contribution in [0.1, 0.15) is 86.8 Å². The number of nitrogen functional groups attached to an aromatic ring is 2. The zero-order valence-electron chi connectivity index (χ0n) is 39.0. The summed E-state index contributed by atoms with van der Waals surface area (Å²) in [7, 11) is -7.97. The van der Waals surface area contributed by atoms with Crippen LogP contribution in [0.3, 0.4) is 0 Å². The molecule has 0 saturated carbocycles. The van der Waals surface area contributed by atoms with Crippen LogP contribution in [0.5, 0.6) is 5.75 Å². The topological polar surface area (TPSA) is 215 Å². The van der Waals surface area contributed by atoms with Crippen LogP contribution in [-0.2, 0) is 52.1 Å². The van der Waals surface area contributed by atoms with Gasteiger partial charge >= 0.3 is 29.6 Å². The van der Waals surface area contributed by atoms with Crippen LogP contribution in [0.4, 0.5) is 11.4 Å². The molecular weight excluding hydrogens is 876 g/mol. The van der Waals surface area contributed by atoms with E-state index in [0.717, 1.165) is 55.1 Å². The summed E-state index contributed by atoms with van der Waals surface area (Å²) in [6.45, 7) is 8.45. The van der Waals surface area contributed by atoms with Gasteiger partial charge in [-0.15, -0.1) is 0 Å². The molecule has 0 atom stereocenters. The van der Waals surface area contributed by atoms with Crippen molar-refractivity contribution in [3.05, 3.63) is 173 Å². The van der Waals surface area contributed by atoms with E-state index in [1.807, 2.05) is 43.3 Å². The summed E-state index contributed by atoms with van der Waals surface area (Å²) in [6, 6.07) is 44.1.